The van der Waals surface area contributed by atoms with Gasteiger partial charge < -0.3 is 29.5 Å². The average Bonchev–Trinajstić information content (AvgIpc) is 3.04. The van der Waals surface area contributed by atoms with Crippen LogP contribution in [-0.2, 0) is 14.3 Å². The Bertz CT molecular complexity index is 1090. The number of phenols is 1. The third-order valence-electron chi connectivity index (χ3n) is 5.86. The molecule has 2 N–H and O–H groups in total. The number of ketones is 1. The molecule has 1 unspecified atom stereocenters. The van der Waals surface area contributed by atoms with Gasteiger partial charge in [0.2, 0.25) is 0 Å². The Balaban J connectivity index is 1.79. The van der Waals surface area contributed by atoms with Crippen LogP contribution in [-0.4, -0.2) is 66.3 Å². The second-order valence-corrected chi connectivity index (χ2v) is 8.46. The van der Waals surface area contributed by atoms with Gasteiger partial charge in [-0.1, -0.05) is 12.1 Å². The number of rotatable bonds is 6. The molecule has 0 radical (unpaired) electrons. The van der Waals surface area contributed by atoms with Crippen LogP contribution in [0.5, 0.6) is 11.5 Å². The summed E-state index contributed by atoms with van der Waals surface area (Å²) in [5, 5.41) is 21.0. The van der Waals surface area contributed by atoms with Crippen molar-refractivity contribution in [2.75, 3.05) is 38.3 Å². The van der Waals surface area contributed by atoms with E-state index in [0.29, 0.717) is 30.0 Å². The number of amides is 1. The molecule has 0 aromatic heterocycles. The molecular weight excluding hydrogens is 424 g/mol. The Kier molecular flexibility index (Phi) is 6.29. The van der Waals surface area contributed by atoms with Gasteiger partial charge in [0.05, 0.1) is 36.6 Å². The molecule has 2 aliphatic rings. The number of phenolic OH excluding ortho intramolecular Hbond substituents is 1. The molecule has 2 aromatic rings. The van der Waals surface area contributed by atoms with E-state index >= 15 is 0 Å². The first-order chi connectivity index (χ1) is 15.8. The predicted octanol–water partition coefficient (Wildman–Crippen LogP) is 3.07. The fourth-order valence-corrected chi connectivity index (χ4v) is 4.15. The molecule has 33 heavy (non-hydrogen) atoms. The molecule has 8 heteroatoms. The number of nitrogens with zero attached hydrogens (tertiary/aromatic N) is 2. The van der Waals surface area contributed by atoms with E-state index in [4.69, 9.17) is 9.47 Å². The van der Waals surface area contributed by atoms with Crippen LogP contribution in [0.25, 0.3) is 5.76 Å². The smallest absolute Gasteiger partial charge is 0.295 e. The van der Waals surface area contributed by atoms with Gasteiger partial charge in [0.15, 0.2) is 0 Å². The minimum atomic E-state index is -0.800. The lowest BCUT2D eigenvalue weighted by Crippen LogP contribution is -2.33. The Morgan fingerprint density at radius 3 is 2.61 bits per heavy atom. The number of carbonyl (C=O) groups is 2. The summed E-state index contributed by atoms with van der Waals surface area (Å²) in [4.78, 5) is 29.5. The Morgan fingerprint density at radius 1 is 1.18 bits per heavy atom. The fourth-order valence-electron chi connectivity index (χ4n) is 4.15. The molecule has 1 saturated heterocycles. The van der Waals surface area contributed by atoms with Crippen molar-refractivity contribution in [3.05, 3.63) is 59.2 Å². The van der Waals surface area contributed by atoms with Crippen molar-refractivity contribution in [2.45, 2.75) is 26.0 Å². The van der Waals surface area contributed by atoms with Gasteiger partial charge in [0.1, 0.15) is 23.9 Å². The van der Waals surface area contributed by atoms with Gasteiger partial charge in [0.25, 0.3) is 11.7 Å². The lowest BCUT2D eigenvalue weighted by Gasteiger charge is -2.28. The lowest BCUT2D eigenvalue weighted by atomic mass is 9.95. The first kappa shape index (κ1) is 22.7. The summed E-state index contributed by atoms with van der Waals surface area (Å²) in [7, 11) is 1.93. The molecule has 2 aliphatic heterocycles. The Morgan fingerprint density at radius 2 is 1.91 bits per heavy atom. The van der Waals surface area contributed by atoms with Crippen LogP contribution in [0.2, 0.25) is 0 Å². The molecule has 8 nitrogen and oxygen atoms in total. The SMILES string of the molecule is CC(C)OCCN1C(=O)C(=O)/C(=C(\O)c2ccc3c(c2)N(C)CCO3)C1c1ccc(O)cc1. The second kappa shape index (κ2) is 9.15. The summed E-state index contributed by atoms with van der Waals surface area (Å²) >= 11 is 0. The number of aliphatic hydroxyl groups is 1. The van der Waals surface area contributed by atoms with Crippen LogP contribution >= 0.6 is 0 Å². The van der Waals surface area contributed by atoms with E-state index in [1.54, 1.807) is 30.3 Å². The Labute approximate surface area is 192 Å². The van der Waals surface area contributed by atoms with Gasteiger partial charge in [-0.05, 0) is 49.7 Å². The monoisotopic (exact) mass is 452 g/mol. The second-order valence-electron chi connectivity index (χ2n) is 8.46. The van der Waals surface area contributed by atoms with Crippen LogP contribution in [0.3, 0.4) is 0 Å². The molecule has 0 spiro atoms. The molecule has 2 heterocycles. The van der Waals surface area contributed by atoms with E-state index in [1.165, 1.54) is 17.0 Å². The summed E-state index contributed by atoms with van der Waals surface area (Å²) in [6.07, 6.45) is -0.0244. The van der Waals surface area contributed by atoms with Crippen molar-refractivity contribution < 1.29 is 29.3 Å². The molecule has 0 saturated carbocycles. The number of hydrogen-bond donors (Lipinski definition) is 2. The maximum Gasteiger partial charge on any atom is 0.295 e. The normalized spacial score (nSPS) is 19.7. The molecule has 1 amide bonds. The maximum absolute atomic E-state index is 13.1. The molecule has 1 atom stereocenters. The van der Waals surface area contributed by atoms with E-state index in [0.717, 1.165) is 5.69 Å². The van der Waals surface area contributed by atoms with Gasteiger partial charge in [-0.25, -0.2) is 0 Å². The maximum atomic E-state index is 13.1. The predicted molar refractivity (Wildman–Crippen MR) is 123 cm³/mol. The first-order valence-corrected chi connectivity index (χ1v) is 10.9. The van der Waals surface area contributed by atoms with Crippen LogP contribution in [0.4, 0.5) is 5.69 Å². The summed E-state index contributed by atoms with van der Waals surface area (Å²) in [6.45, 7) is 5.49. The highest BCUT2D eigenvalue weighted by Gasteiger charge is 2.46. The zero-order valence-corrected chi connectivity index (χ0v) is 18.9. The number of likely N-dealkylation sites (N-methyl/N-ethyl adjacent to an activating group) is 1. The molecule has 1 fully saturated rings. The summed E-state index contributed by atoms with van der Waals surface area (Å²) in [5.41, 5.74) is 1.84. The number of Topliss-reactive ketones (excluding diaryl/α,β-unsaturated/α-hetero) is 1. The standard InChI is InChI=1S/C25H28N2O6/c1-15(2)32-13-11-27-22(16-4-7-18(28)8-5-16)21(24(30)25(27)31)23(29)17-6-9-20-19(14-17)26(3)10-12-33-20/h4-9,14-15,22,28-29H,10-13H2,1-3H3/b23-21-. The number of aliphatic hydroxyl groups excluding tert-OH is 1. The highest BCUT2D eigenvalue weighted by Crippen LogP contribution is 2.41. The third-order valence-corrected chi connectivity index (χ3v) is 5.86. The molecular formula is C25H28N2O6. The summed E-state index contributed by atoms with van der Waals surface area (Å²) < 4.78 is 11.3. The molecule has 2 aromatic carbocycles. The van der Waals surface area contributed by atoms with Crippen molar-refractivity contribution in [3.63, 3.8) is 0 Å². The van der Waals surface area contributed by atoms with E-state index < -0.39 is 17.7 Å². The number of aromatic hydroxyl groups is 1. The third kappa shape index (κ3) is 4.39. The van der Waals surface area contributed by atoms with Crippen molar-refractivity contribution >= 4 is 23.1 Å². The minimum absolute atomic E-state index is 0.00886. The van der Waals surface area contributed by atoms with Crippen LogP contribution in [0, 0.1) is 0 Å². The minimum Gasteiger partial charge on any atom is -0.508 e. The van der Waals surface area contributed by atoms with Crippen LogP contribution in [0.15, 0.2) is 48.0 Å². The first-order valence-electron chi connectivity index (χ1n) is 10.9. The molecule has 0 bridgehead atoms. The molecule has 4 rings (SSSR count). The largest absolute Gasteiger partial charge is 0.508 e. The van der Waals surface area contributed by atoms with E-state index in [2.05, 4.69) is 0 Å². The number of fused-ring (bicyclic) bond motifs is 1. The molecule has 174 valence electrons. The van der Waals surface area contributed by atoms with Gasteiger partial charge in [-0.15, -0.1) is 0 Å². The van der Waals surface area contributed by atoms with Gasteiger partial charge in [-0.2, -0.15) is 0 Å². The number of hydrogen-bond acceptors (Lipinski definition) is 7. The zero-order chi connectivity index (χ0) is 23.7. The lowest BCUT2D eigenvalue weighted by molar-refractivity contribution is -0.140. The number of carbonyl (C=O) groups excluding carboxylic acids is 2. The average molecular weight is 453 g/mol. The highest BCUT2D eigenvalue weighted by atomic mass is 16.5. The van der Waals surface area contributed by atoms with Crippen molar-refractivity contribution in [3.8, 4) is 11.5 Å². The van der Waals surface area contributed by atoms with E-state index in [-0.39, 0.29) is 36.3 Å². The quantitative estimate of drug-likeness (QED) is 0.395. The zero-order valence-electron chi connectivity index (χ0n) is 18.9. The van der Waals surface area contributed by atoms with Gasteiger partial charge in [0, 0.05) is 19.2 Å². The fraction of sp³-hybridized carbons (Fsp3) is 0.360. The van der Waals surface area contributed by atoms with Gasteiger partial charge in [-0.3, -0.25) is 9.59 Å². The molecule has 0 aliphatic carbocycles. The van der Waals surface area contributed by atoms with E-state index in [1.807, 2.05) is 25.8 Å². The van der Waals surface area contributed by atoms with Crippen molar-refractivity contribution in [2.24, 2.45) is 0 Å². The highest BCUT2D eigenvalue weighted by molar-refractivity contribution is 6.46. The van der Waals surface area contributed by atoms with E-state index in [9.17, 15) is 19.8 Å². The number of ether oxygens (including phenoxy) is 2. The topological polar surface area (TPSA) is 99.5 Å². The van der Waals surface area contributed by atoms with Crippen molar-refractivity contribution in [1.29, 1.82) is 0 Å². The Hall–Kier alpha value is -3.52. The number of anilines is 1. The van der Waals surface area contributed by atoms with Gasteiger partial charge >= 0.3 is 0 Å². The van der Waals surface area contributed by atoms with Crippen LogP contribution < -0.4 is 9.64 Å². The van der Waals surface area contributed by atoms with Crippen LogP contribution in [0.1, 0.15) is 31.0 Å². The van der Waals surface area contributed by atoms with Crippen molar-refractivity contribution in [1.82, 2.24) is 4.90 Å². The number of benzene rings is 2. The summed E-state index contributed by atoms with van der Waals surface area (Å²) in [6, 6.07) is 10.7. The number of likely N-dealkylation sites (tertiary alicyclic amines) is 1. The summed E-state index contributed by atoms with van der Waals surface area (Å²) in [5.74, 6) is -0.934.